The van der Waals surface area contributed by atoms with Gasteiger partial charge in [0.2, 0.25) is 5.75 Å². The quantitative estimate of drug-likeness (QED) is 0.700. The standard InChI is InChI=1S/C25H31NO5/c1-24(2)12-15-11-17(27-5)22-16(13-25(3,4)31-22)20(15)21(26-24)14-9-18(28-6)23(30-8)19(10-14)29-7/h9-11H,12-13H2,1-8H3. The summed E-state index contributed by atoms with van der Waals surface area (Å²) >= 11 is 0. The molecule has 0 saturated carbocycles. The van der Waals surface area contributed by atoms with Crippen molar-refractivity contribution in [2.24, 2.45) is 4.99 Å². The summed E-state index contributed by atoms with van der Waals surface area (Å²) < 4.78 is 28.7. The number of benzene rings is 2. The Morgan fingerprint density at radius 2 is 1.42 bits per heavy atom. The summed E-state index contributed by atoms with van der Waals surface area (Å²) in [6.07, 6.45) is 1.60. The topological polar surface area (TPSA) is 58.5 Å². The maximum atomic E-state index is 6.30. The van der Waals surface area contributed by atoms with Gasteiger partial charge in [-0.05, 0) is 57.9 Å². The van der Waals surface area contributed by atoms with Crippen LogP contribution in [-0.2, 0) is 12.8 Å². The molecular weight excluding hydrogens is 394 g/mol. The Balaban J connectivity index is 2.00. The molecule has 2 aliphatic rings. The Bertz CT molecular complexity index is 1040. The normalized spacial score (nSPS) is 17.7. The predicted octanol–water partition coefficient (Wildman–Crippen LogP) is 4.61. The Kier molecular flexibility index (Phi) is 5.07. The van der Waals surface area contributed by atoms with E-state index in [1.165, 1.54) is 5.56 Å². The first kappa shape index (κ1) is 21.3. The molecule has 31 heavy (non-hydrogen) atoms. The lowest BCUT2D eigenvalue weighted by Crippen LogP contribution is -2.30. The molecule has 0 radical (unpaired) electrons. The van der Waals surface area contributed by atoms with Gasteiger partial charge in [-0.2, -0.15) is 0 Å². The summed E-state index contributed by atoms with van der Waals surface area (Å²) in [5, 5.41) is 0. The van der Waals surface area contributed by atoms with Gasteiger partial charge in [0.1, 0.15) is 5.60 Å². The van der Waals surface area contributed by atoms with Crippen molar-refractivity contribution in [2.75, 3.05) is 28.4 Å². The second-order valence-electron chi connectivity index (χ2n) is 9.32. The van der Waals surface area contributed by atoms with E-state index in [1.807, 2.05) is 12.1 Å². The predicted molar refractivity (Wildman–Crippen MR) is 121 cm³/mol. The van der Waals surface area contributed by atoms with Gasteiger partial charge in [0, 0.05) is 23.1 Å². The highest BCUT2D eigenvalue weighted by Gasteiger charge is 2.40. The van der Waals surface area contributed by atoms with Crippen molar-refractivity contribution < 1.29 is 23.7 Å². The van der Waals surface area contributed by atoms with Gasteiger partial charge in [0.15, 0.2) is 23.0 Å². The number of nitrogens with zero attached hydrogens (tertiary/aromatic N) is 1. The molecule has 4 rings (SSSR count). The van der Waals surface area contributed by atoms with Crippen LogP contribution >= 0.6 is 0 Å². The molecule has 2 aromatic rings. The largest absolute Gasteiger partial charge is 0.493 e. The van der Waals surface area contributed by atoms with Crippen LogP contribution in [0.15, 0.2) is 23.2 Å². The van der Waals surface area contributed by atoms with Crippen molar-refractivity contribution in [1.29, 1.82) is 0 Å². The SMILES string of the molecule is COc1cc(C2=NC(C)(C)Cc3cc(OC)c4c(c32)CC(C)(C)O4)cc(OC)c1OC. The fourth-order valence-corrected chi connectivity index (χ4v) is 4.65. The molecule has 0 bridgehead atoms. The molecule has 0 atom stereocenters. The van der Waals surface area contributed by atoms with E-state index >= 15 is 0 Å². The van der Waals surface area contributed by atoms with Gasteiger partial charge < -0.3 is 23.7 Å². The van der Waals surface area contributed by atoms with Gasteiger partial charge in [-0.15, -0.1) is 0 Å². The molecule has 0 N–H and O–H groups in total. The molecule has 2 aromatic carbocycles. The summed E-state index contributed by atoms with van der Waals surface area (Å²) in [5.41, 5.74) is 4.72. The highest BCUT2D eigenvalue weighted by molar-refractivity contribution is 6.16. The monoisotopic (exact) mass is 425 g/mol. The molecule has 166 valence electrons. The molecular formula is C25H31NO5. The first-order valence-electron chi connectivity index (χ1n) is 10.5. The molecule has 2 aliphatic heterocycles. The van der Waals surface area contributed by atoms with Crippen molar-refractivity contribution in [3.8, 4) is 28.7 Å². The van der Waals surface area contributed by atoms with E-state index in [9.17, 15) is 0 Å². The first-order chi connectivity index (χ1) is 14.6. The lowest BCUT2D eigenvalue weighted by molar-refractivity contribution is 0.134. The third-order valence-electron chi connectivity index (χ3n) is 5.84. The summed E-state index contributed by atoms with van der Waals surface area (Å²) in [5.74, 6) is 3.36. The average Bonchev–Trinajstić information content (AvgIpc) is 3.05. The van der Waals surface area contributed by atoms with Gasteiger partial charge in [-0.25, -0.2) is 0 Å². The molecule has 6 nitrogen and oxygen atoms in total. The number of rotatable bonds is 5. The second kappa shape index (κ2) is 7.36. The Hall–Kier alpha value is -2.89. The number of aliphatic imine (C=N–C) groups is 1. The van der Waals surface area contributed by atoms with Crippen LogP contribution in [0.3, 0.4) is 0 Å². The van der Waals surface area contributed by atoms with Crippen molar-refractivity contribution in [3.63, 3.8) is 0 Å². The fraction of sp³-hybridized carbons (Fsp3) is 0.480. The summed E-state index contributed by atoms with van der Waals surface area (Å²) in [6.45, 7) is 8.49. The van der Waals surface area contributed by atoms with E-state index in [-0.39, 0.29) is 11.1 Å². The summed E-state index contributed by atoms with van der Waals surface area (Å²) in [4.78, 5) is 5.18. The maximum absolute atomic E-state index is 6.30. The smallest absolute Gasteiger partial charge is 0.203 e. The molecule has 0 fully saturated rings. The number of hydrogen-bond acceptors (Lipinski definition) is 6. The Morgan fingerprint density at radius 1 is 0.806 bits per heavy atom. The van der Waals surface area contributed by atoms with Gasteiger partial charge in [-0.1, -0.05) is 0 Å². The fourth-order valence-electron chi connectivity index (χ4n) is 4.65. The van der Waals surface area contributed by atoms with Gasteiger partial charge >= 0.3 is 0 Å². The van der Waals surface area contributed by atoms with Crippen LogP contribution in [0.4, 0.5) is 0 Å². The number of hydrogen-bond donors (Lipinski definition) is 0. The lowest BCUT2D eigenvalue weighted by atomic mass is 9.81. The van der Waals surface area contributed by atoms with E-state index in [0.717, 1.165) is 46.7 Å². The molecule has 0 amide bonds. The molecule has 0 aliphatic carbocycles. The maximum Gasteiger partial charge on any atom is 0.203 e. The third-order valence-corrected chi connectivity index (χ3v) is 5.84. The van der Waals surface area contributed by atoms with Gasteiger partial charge in [-0.3, -0.25) is 4.99 Å². The molecule has 0 aromatic heterocycles. The van der Waals surface area contributed by atoms with E-state index in [4.69, 9.17) is 28.7 Å². The van der Waals surface area contributed by atoms with E-state index < -0.39 is 0 Å². The third kappa shape index (κ3) is 3.58. The molecule has 6 heteroatoms. The zero-order chi connectivity index (χ0) is 22.6. The lowest BCUT2D eigenvalue weighted by Gasteiger charge is -2.31. The zero-order valence-corrected chi connectivity index (χ0v) is 19.6. The number of methoxy groups -OCH3 is 4. The van der Waals surface area contributed by atoms with E-state index in [0.29, 0.717) is 17.2 Å². The molecule has 0 spiro atoms. The summed E-state index contributed by atoms with van der Waals surface area (Å²) in [7, 11) is 6.55. The minimum atomic E-state index is -0.307. The zero-order valence-electron chi connectivity index (χ0n) is 19.6. The molecule has 2 heterocycles. The van der Waals surface area contributed by atoms with Crippen molar-refractivity contribution >= 4 is 5.71 Å². The number of ether oxygens (including phenoxy) is 5. The van der Waals surface area contributed by atoms with Crippen molar-refractivity contribution in [2.45, 2.75) is 51.7 Å². The van der Waals surface area contributed by atoms with Crippen LogP contribution in [0.2, 0.25) is 0 Å². The number of fused-ring (bicyclic) bond motifs is 3. The van der Waals surface area contributed by atoms with Crippen LogP contribution in [0.25, 0.3) is 0 Å². The van der Waals surface area contributed by atoms with Crippen LogP contribution in [0.5, 0.6) is 28.7 Å². The van der Waals surface area contributed by atoms with E-state index in [2.05, 4.69) is 33.8 Å². The van der Waals surface area contributed by atoms with Crippen molar-refractivity contribution in [1.82, 2.24) is 0 Å². The summed E-state index contributed by atoms with van der Waals surface area (Å²) in [6, 6.07) is 6.02. The van der Waals surface area contributed by atoms with Crippen molar-refractivity contribution in [3.05, 3.63) is 40.5 Å². The molecule has 0 saturated heterocycles. The van der Waals surface area contributed by atoms with E-state index in [1.54, 1.807) is 28.4 Å². The second-order valence-corrected chi connectivity index (χ2v) is 9.32. The highest BCUT2D eigenvalue weighted by Crippen LogP contribution is 2.48. The van der Waals surface area contributed by atoms with Crippen LogP contribution in [0.1, 0.15) is 49.9 Å². The van der Waals surface area contributed by atoms with Gasteiger partial charge in [0.25, 0.3) is 0 Å². The average molecular weight is 426 g/mol. The first-order valence-corrected chi connectivity index (χ1v) is 10.5. The van der Waals surface area contributed by atoms with Gasteiger partial charge in [0.05, 0.1) is 39.7 Å². The Morgan fingerprint density at radius 3 is 1.97 bits per heavy atom. The Labute approximate surface area is 184 Å². The minimum absolute atomic E-state index is 0.267. The molecule has 0 unspecified atom stereocenters. The van der Waals surface area contributed by atoms with Crippen LogP contribution < -0.4 is 23.7 Å². The van der Waals surface area contributed by atoms with Crippen LogP contribution in [0, 0.1) is 0 Å². The van der Waals surface area contributed by atoms with Crippen LogP contribution in [-0.4, -0.2) is 45.3 Å². The highest BCUT2D eigenvalue weighted by atomic mass is 16.5. The minimum Gasteiger partial charge on any atom is -0.493 e.